The topological polar surface area (TPSA) is 58.5 Å². The highest BCUT2D eigenvalue weighted by molar-refractivity contribution is 9.10. The molecule has 1 aromatic heterocycles. The predicted molar refractivity (Wildman–Crippen MR) is 60.9 cm³/mol. The molecule has 1 N–H and O–H groups in total. The molecule has 84 valence electrons. The average Bonchev–Trinajstić information content (AvgIpc) is 2.18. The van der Waals surface area contributed by atoms with Crippen molar-refractivity contribution in [1.29, 1.82) is 0 Å². The number of aromatic nitrogens is 2. The molecule has 1 aromatic rings. The van der Waals surface area contributed by atoms with Gasteiger partial charge in [0.2, 0.25) is 0 Å². The smallest absolute Gasteiger partial charge is 0.132 e. The first-order valence-corrected chi connectivity index (χ1v) is 5.28. The van der Waals surface area contributed by atoms with Gasteiger partial charge in [-0.1, -0.05) is 0 Å². The van der Waals surface area contributed by atoms with E-state index in [4.69, 9.17) is 4.74 Å². The zero-order chi connectivity index (χ0) is 11.3. The Morgan fingerprint density at radius 1 is 1.60 bits per heavy atom. The molecule has 1 unspecified atom stereocenters. The van der Waals surface area contributed by atoms with Gasteiger partial charge in [-0.2, -0.15) is 0 Å². The van der Waals surface area contributed by atoms with Crippen LogP contribution in [0.2, 0.25) is 0 Å². The van der Waals surface area contributed by atoms with E-state index >= 15 is 0 Å². The molecule has 0 spiro atoms. The van der Waals surface area contributed by atoms with Crippen molar-refractivity contribution in [2.24, 2.45) is 0 Å². The lowest BCUT2D eigenvalue weighted by Gasteiger charge is -2.21. The van der Waals surface area contributed by atoms with Crippen LogP contribution in [-0.2, 0) is 4.74 Å². The molecule has 15 heavy (non-hydrogen) atoms. The fraction of sp³-hybridized carbons (Fsp3) is 0.556. The quantitative estimate of drug-likeness (QED) is 0.801. The molecule has 0 aliphatic heterocycles. The summed E-state index contributed by atoms with van der Waals surface area (Å²) in [7, 11) is 3.41. The number of ether oxygens (including phenoxy) is 1. The summed E-state index contributed by atoms with van der Waals surface area (Å²) in [5.74, 6) is 0.757. The van der Waals surface area contributed by atoms with E-state index < -0.39 is 6.10 Å². The lowest BCUT2D eigenvalue weighted by Crippen LogP contribution is -2.32. The fourth-order valence-electron chi connectivity index (χ4n) is 1.19. The summed E-state index contributed by atoms with van der Waals surface area (Å²) in [6, 6.07) is 1.79. The van der Waals surface area contributed by atoms with Crippen LogP contribution in [0.1, 0.15) is 0 Å². The molecule has 6 heteroatoms. The minimum absolute atomic E-state index is 0.316. The van der Waals surface area contributed by atoms with E-state index in [2.05, 4.69) is 25.9 Å². The van der Waals surface area contributed by atoms with Gasteiger partial charge < -0.3 is 14.7 Å². The average molecular weight is 276 g/mol. The maximum absolute atomic E-state index is 9.53. The largest absolute Gasteiger partial charge is 0.389 e. The Labute approximate surface area is 97.2 Å². The molecule has 1 rings (SSSR count). The molecule has 1 atom stereocenters. The van der Waals surface area contributed by atoms with Gasteiger partial charge in [-0.05, 0) is 15.9 Å². The van der Waals surface area contributed by atoms with E-state index in [0.29, 0.717) is 13.2 Å². The zero-order valence-corrected chi connectivity index (χ0v) is 10.3. The lowest BCUT2D eigenvalue weighted by atomic mass is 10.3. The zero-order valence-electron chi connectivity index (χ0n) is 8.72. The fourth-order valence-corrected chi connectivity index (χ4v) is 1.48. The molecule has 0 aliphatic carbocycles. The van der Waals surface area contributed by atoms with E-state index in [0.717, 1.165) is 10.4 Å². The molecular weight excluding hydrogens is 262 g/mol. The second-order valence-corrected chi connectivity index (χ2v) is 4.00. The number of likely N-dealkylation sites (N-methyl/N-ethyl adjacent to an activating group) is 1. The molecule has 5 nitrogen and oxygen atoms in total. The second kappa shape index (κ2) is 5.99. The predicted octanol–water partition coefficient (Wildman–Crippen LogP) is 0.683. The molecule has 0 saturated heterocycles. The van der Waals surface area contributed by atoms with Crippen LogP contribution in [0.3, 0.4) is 0 Å². The molecule has 0 saturated carbocycles. The molecule has 0 fully saturated rings. The number of aliphatic hydroxyl groups excluding tert-OH is 1. The number of rotatable bonds is 5. The van der Waals surface area contributed by atoms with E-state index in [1.807, 2.05) is 11.9 Å². The van der Waals surface area contributed by atoms with Gasteiger partial charge in [0, 0.05) is 26.8 Å². The Balaban J connectivity index is 2.56. The molecule has 0 aliphatic rings. The summed E-state index contributed by atoms with van der Waals surface area (Å²) >= 11 is 3.26. The Bertz CT molecular complexity index is 311. The molecule has 0 amide bonds. The van der Waals surface area contributed by atoms with Crippen LogP contribution in [-0.4, -0.2) is 48.5 Å². The van der Waals surface area contributed by atoms with Crippen molar-refractivity contribution in [3.63, 3.8) is 0 Å². The first kappa shape index (κ1) is 12.4. The van der Waals surface area contributed by atoms with Gasteiger partial charge in [0.05, 0.1) is 12.7 Å². The summed E-state index contributed by atoms with van der Waals surface area (Å²) in [5.41, 5.74) is 0. The molecule has 0 aromatic carbocycles. The highest BCUT2D eigenvalue weighted by Crippen LogP contribution is 2.13. The van der Waals surface area contributed by atoms with Crippen molar-refractivity contribution in [3.8, 4) is 0 Å². The van der Waals surface area contributed by atoms with E-state index in [1.54, 1.807) is 13.2 Å². The van der Waals surface area contributed by atoms with E-state index in [-0.39, 0.29) is 0 Å². The minimum Gasteiger partial charge on any atom is -0.389 e. The molecular formula is C9H14BrN3O2. The summed E-state index contributed by atoms with van der Waals surface area (Å²) < 4.78 is 5.57. The second-order valence-electron chi connectivity index (χ2n) is 3.19. The Morgan fingerprint density at radius 3 is 2.93 bits per heavy atom. The van der Waals surface area contributed by atoms with Crippen molar-refractivity contribution >= 4 is 21.7 Å². The first-order valence-electron chi connectivity index (χ1n) is 4.49. The third-order valence-electron chi connectivity index (χ3n) is 1.85. The van der Waals surface area contributed by atoms with Crippen LogP contribution in [0.4, 0.5) is 5.82 Å². The van der Waals surface area contributed by atoms with Crippen LogP contribution in [0.15, 0.2) is 17.0 Å². The van der Waals surface area contributed by atoms with Gasteiger partial charge in [0.25, 0.3) is 0 Å². The highest BCUT2D eigenvalue weighted by Gasteiger charge is 2.09. The lowest BCUT2D eigenvalue weighted by molar-refractivity contribution is 0.0694. The maximum Gasteiger partial charge on any atom is 0.132 e. The molecule has 0 bridgehead atoms. The van der Waals surface area contributed by atoms with Crippen LogP contribution >= 0.6 is 15.9 Å². The van der Waals surface area contributed by atoms with Gasteiger partial charge in [-0.15, -0.1) is 0 Å². The molecule has 1 heterocycles. The van der Waals surface area contributed by atoms with Crippen molar-refractivity contribution in [2.75, 3.05) is 32.2 Å². The highest BCUT2D eigenvalue weighted by atomic mass is 79.9. The summed E-state index contributed by atoms with van der Waals surface area (Å²) in [6.07, 6.45) is 0.951. The Morgan fingerprint density at radius 2 is 2.33 bits per heavy atom. The van der Waals surface area contributed by atoms with Gasteiger partial charge in [0.15, 0.2) is 0 Å². The SMILES string of the molecule is COCC(O)CN(C)c1cc(Br)ncn1. The third kappa shape index (κ3) is 4.11. The van der Waals surface area contributed by atoms with Crippen LogP contribution in [0, 0.1) is 0 Å². The summed E-state index contributed by atoms with van der Waals surface area (Å²) in [5, 5.41) is 9.53. The first-order chi connectivity index (χ1) is 7.13. The standard InChI is InChI=1S/C9H14BrN3O2/c1-13(4-7(14)5-15-2)9-3-8(10)11-6-12-9/h3,6-7,14H,4-5H2,1-2H3. The number of methoxy groups -OCH3 is 1. The number of aliphatic hydroxyl groups is 1. The third-order valence-corrected chi connectivity index (χ3v) is 2.29. The minimum atomic E-state index is -0.520. The van der Waals surface area contributed by atoms with Gasteiger partial charge in [-0.3, -0.25) is 0 Å². The van der Waals surface area contributed by atoms with Crippen LogP contribution in [0.5, 0.6) is 0 Å². The van der Waals surface area contributed by atoms with Gasteiger partial charge >= 0.3 is 0 Å². The number of nitrogens with zero attached hydrogens (tertiary/aromatic N) is 3. The number of anilines is 1. The number of hydrogen-bond donors (Lipinski definition) is 1. The van der Waals surface area contributed by atoms with E-state index in [1.165, 1.54) is 6.33 Å². The number of hydrogen-bond acceptors (Lipinski definition) is 5. The molecule has 0 radical (unpaired) electrons. The Hall–Kier alpha value is -0.720. The van der Waals surface area contributed by atoms with E-state index in [9.17, 15) is 5.11 Å². The monoisotopic (exact) mass is 275 g/mol. The van der Waals surface area contributed by atoms with Crippen molar-refractivity contribution in [3.05, 3.63) is 17.0 Å². The maximum atomic E-state index is 9.53. The summed E-state index contributed by atoms with van der Waals surface area (Å²) in [6.45, 7) is 0.786. The normalized spacial score (nSPS) is 12.5. The van der Waals surface area contributed by atoms with Gasteiger partial charge in [0.1, 0.15) is 16.7 Å². The summed E-state index contributed by atoms with van der Waals surface area (Å²) in [4.78, 5) is 9.86. The van der Waals surface area contributed by atoms with Crippen molar-refractivity contribution < 1.29 is 9.84 Å². The van der Waals surface area contributed by atoms with Crippen LogP contribution < -0.4 is 4.90 Å². The number of halogens is 1. The van der Waals surface area contributed by atoms with Crippen LogP contribution in [0.25, 0.3) is 0 Å². The Kier molecular flexibility index (Phi) is 4.93. The van der Waals surface area contributed by atoms with Crippen molar-refractivity contribution in [2.45, 2.75) is 6.10 Å². The van der Waals surface area contributed by atoms with Crippen molar-refractivity contribution in [1.82, 2.24) is 9.97 Å². The van der Waals surface area contributed by atoms with Gasteiger partial charge in [-0.25, -0.2) is 9.97 Å².